The zero-order chi connectivity index (χ0) is 24.7. The second-order valence-corrected chi connectivity index (χ2v) is 8.40. The number of aliphatic carboxylic acids is 1. The highest BCUT2D eigenvalue weighted by Crippen LogP contribution is 2.51. The van der Waals surface area contributed by atoms with E-state index in [9.17, 15) is 15.0 Å². The fraction of sp³-hybridized carbons (Fsp3) is 0.194. The molecule has 0 aromatic heterocycles. The first kappa shape index (κ1) is 24.9. The molecule has 0 saturated carbocycles. The quantitative estimate of drug-likeness (QED) is 0.379. The SMILES string of the molecule is C=CCC1=CC(C(=O)O)C(c2ccccc2CC=C)=C(CC=C)C1(O)c1ccccc1CC=C. The van der Waals surface area contributed by atoms with Gasteiger partial charge in [-0.25, -0.2) is 0 Å². The minimum Gasteiger partial charge on any atom is -0.481 e. The van der Waals surface area contributed by atoms with Crippen LogP contribution in [0.3, 0.4) is 0 Å². The second kappa shape index (κ2) is 11.0. The summed E-state index contributed by atoms with van der Waals surface area (Å²) in [6.45, 7) is 15.5. The highest BCUT2D eigenvalue weighted by atomic mass is 16.4. The molecule has 2 unspecified atom stereocenters. The maximum atomic E-state index is 12.6. The zero-order valence-corrected chi connectivity index (χ0v) is 19.5. The highest BCUT2D eigenvalue weighted by Gasteiger charge is 2.45. The predicted octanol–water partition coefficient (Wildman–Crippen LogP) is 6.58. The second-order valence-electron chi connectivity index (χ2n) is 8.40. The monoisotopic (exact) mass is 452 g/mol. The Bertz CT molecular complexity index is 1180. The maximum Gasteiger partial charge on any atom is 0.314 e. The molecule has 34 heavy (non-hydrogen) atoms. The van der Waals surface area contributed by atoms with Crippen LogP contribution in [-0.4, -0.2) is 16.2 Å². The van der Waals surface area contributed by atoms with Gasteiger partial charge in [-0.15, -0.1) is 26.3 Å². The molecule has 174 valence electrons. The van der Waals surface area contributed by atoms with Crippen molar-refractivity contribution in [3.05, 3.63) is 139 Å². The van der Waals surface area contributed by atoms with E-state index in [0.717, 1.165) is 22.3 Å². The van der Waals surface area contributed by atoms with Gasteiger partial charge < -0.3 is 10.2 Å². The van der Waals surface area contributed by atoms with Crippen molar-refractivity contribution in [1.82, 2.24) is 0 Å². The van der Waals surface area contributed by atoms with Crippen molar-refractivity contribution in [3.63, 3.8) is 0 Å². The van der Waals surface area contributed by atoms with Crippen LogP contribution in [0.2, 0.25) is 0 Å². The molecule has 3 nitrogen and oxygen atoms in total. The van der Waals surface area contributed by atoms with Gasteiger partial charge in [0.1, 0.15) is 11.5 Å². The first-order valence-corrected chi connectivity index (χ1v) is 11.4. The smallest absolute Gasteiger partial charge is 0.314 e. The average Bonchev–Trinajstić information content (AvgIpc) is 2.83. The molecule has 0 bridgehead atoms. The molecule has 0 fully saturated rings. The maximum absolute atomic E-state index is 12.6. The molecule has 2 atom stereocenters. The van der Waals surface area contributed by atoms with Gasteiger partial charge >= 0.3 is 5.97 Å². The van der Waals surface area contributed by atoms with E-state index in [1.807, 2.05) is 48.5 Å². The standard InChI is InChI=1S/C31H32O3/c1-5-13-22-17-9-11-19-25(22)29-26(30(32)33)21-24(15-7-3)31(34,28(29)16-8-4)27-20-12-10-18-23(27)14-6-2/h5-12,17-21,26,34H,1-4,13-16H2,(H,32,33). The van der Waals surface area contributed by atoms with E-state index in [1.54, 1.807) is 30.4 Å². The lowest BCUT2D eigenvalue weighted by atomic mass is 9.66. The number of allylic oxidation sites excluding steroid dienone is 4. The van der Waals surface area contributed by atoms with Crippen LogP contribution in [-0.2, 0) is 23.2 Å². The average molecular weight is 453 g/mol. The van der Waals surface area contributed by atoms with Crippen molar-refractivity contribution in [2.24, 2.45) is 5.92 Å². The highest BCUT2D eigenvalue weighted by molar-refractivity contribution is 5.94. The molecule has 0 amide bonds. The van der Waals surface area contributed by atoms with E-state index in [4.69, 9.17) is 0 Å². The van der Waals surface area contributed by atoms with E-state index in [-0.39, 0.29) is 0 Å². The van der Waals surface area contributed by atoms with Crippen molar-refractivity contribution < 1.29 is 15.0 Å². The Balaban J connectivity index is 2.48. The summed E-state index contributed by atoms with van der Waals surface area (Å²) in [6.07, 6.45) is 10.6. The Morgan fingerprint density at radius 2 is 1.38 bits per heavy atom. The summed E-state index contributed by atoms with van der Waals surface area (Å²) in [5, 5.41) is 22.9. The topological polar surface area (TPSA) is 57.5 Å². The lowest BCUT2D eigenvalue weighted by Crippen LogP contribution is -2.38. The third-order valence-electron chi connectivity index (χ3n) is 6.33. The lowest BCUT2D eigenvalue weighted by Gasteiger charge is -2.41. The normalized spacial score (nSPS) is 19.8. The number of hydrogen-bond donors (Lipinski definition) is 2. The lowest BCUT2D eigenvalue weighted by molar-refractivity contribution is -0.138. The van der Waals surface area contributed by atoms with E-state index >= 15 is 0 Å². The largest absolute Gasteiger partial charge is 0.481 e. The molecular formula is C31H32O3. The van der Waals surface area contributed by atoms with Crippen LogP contribution < -0.4 is 0 Å². The molecule has 2 N–H and O–H groups in total. The summed E-state index contributed by atoms with van der Waals surface area (Å²) in [5.41, 5.74) is 3.75. The van der Waals surface area contributed by atoms with Crippen molar-refractivity contribution in [2.75, 3.05) is 0 Å². The van der Waals surface area contributed by atoms with Crippen LogP contribution in [0.1, 0.15) is 35.1 Å². The minimum absolute atomic E-state index is 0.328. The Morgan fingerprint density at radius 1 is 0.824 bits per heavy atom. The molecular weight excluding hydrogens is 420 g/mol. The Hall–Kier alpha value is -3.69. The molecule has 0 aliphatic heterocycles. The van der Waals surface area contributed by atoms with E-state index in [1.165, 1.54) is 0 Å². The van der Waals surface area contributed by atoms with Gasteiger partial charge in [-0.05, 0) is 64.7 Å². The first-order chi connectivity index (χ1) is 16.4. The van der Waals surface area contributed by atoms with Crippen molar-refractivity contribution in [3.8, 4) is 0 Å². The van der Waals surface area contributed by atoms with E-state index in [2.05, 4.69) is 26.3 Å². The van der Waals surface area contributed by atoms with E-state index in [0.29, 0.717) is 42.4 Å². The van der Waals surface area contributed by atoms with Gasteiger partial charge in [0.15, 0.2) is 0 Å². The van der Waals surface area contributed by atoms with E-state index < -0.39 is 17.5 Å². The Morgan fingerprint density at radius 3 is 2.00 bits per heavy atom. The zero-order valence-electron chi connectivity index (χ0n) is 19.5. The van der Waals surface area contributed by atoms with Crippen molar-refractivity contribution in [1.29, 1.82) is 0 Å². The van der Waals surface area contributed by atoms with Gasteiger partial charge in [0, 0.05) is 0 Å². The summed E-state index contributed by atoms with van der Waals surface area (Å²) < 4.78 is 0. The summed E-state index contributed by atoms with van der Waals surface area (Å²) in [4.78, 5) is 12.6. The summed E-state index contributed by atoms with van der Waals surface area (Å²) >= 11 is 0. The molecule has 1 aliphatic carbocycles. The number of carboxylic acid groups (broad SMARTS) is 1. The fourth-order valence-electron chi connectivity index (χ4n) is 4.94. The van der Waals surface area contributed by atoms with Gasteiger partial charge in [-0.3, -0.25) is 4.79 Å². The first-order valence-electron chi connectivity index (χ1n) is 11.4. The van der Waals surface area contributed by atoms with Crippen molar-refractivity contribution >= 4 is 11.5 Å². The molecule has 3 heteroatoms. The van der Waals surface area contributed by atoms with Gasteiger partial charge in [0.2, 0.25) is 0 Å². The van der Waals surface area contributed by atoms with Gasteiger partial charge in [-0.1, -0.05) is 78.9 Å². The van der Waals surface area contributed by atoms with Crippen LogP contribution >= 0.6 is 0 Å². The summed E-state index contributed by atoms with van der Waals surface area (Å²) in [7, 11) is 0. The molecule has 2 aromatic rings. The Labute approximate surface area is 202 Å². The molecule has 3 rings (SSSR count). The van der Waals surface area contributed by atoms with Crippen LogP contribution in [0, 0.1) is 5.92 Å². The van der Waals surface area contributed by atoms with Gasteiger partial charge in [0.25, 0.3) is 0 Å². The molecule has 1 aliphatic rings. The van der Waals surface area contributed by atoms with Crippen LogP contribution in [0.5, 0.6) is 0 Å². The van der Waals surface area contributed by atoms with Gasteiger partial charge in [-0.2, -0.15) is 0 Å². The Kier molecular flexibility index (Phi) is 8.04. The van der Waals surface area contributed by atoms with Crippen LogP contribution in [0.15, 0.2) is 116 Å². The van der Waals surface area contributed by atoms with Crippen LogP contribution in [0.25, 0.3) is 5.57 Å². The number of carboxylic acids is 1. The number of benzene rings is 2. The minimum atomic E-state index is -1.51. The third-order valence-corrected chi connectivity index (χ3v) is 6.33. The molecule has 0 radical (unpaired) electrons. The summed E-state index contributed by atoms with van der Waals surface area (Å²) in [6, 6.07) is 15.4. The summed E-state index contributed by atoms with van der Waals surface area (Å²) in [5.74, 6) is -1.88. The predicted molar refractivity (Wildman–Crippen MR) is 140 cm³/mol. The van der Waals surface area contributed by atoms with Gasteiger partial charge in [0.05, 0.1) is 0 Å². The number of carbonyl (C=O) groups is 1. The third kappa shape index (κ3) is 4.52. The van der Waals surface area contributed by atoms with Crippen molar-refractivity contribution in [2.45, 2.75) is 31.3 Å². The molecule has 0 heterocycles. The number of aliphatic hydroxyl groups is 1. The fourth-order valence-corrected chi connectivity index (χ4v) is 4.94. The van der Waals surface area contributed by atoms with Crippen LogP contribution in [0.4, 0.5) is 0 Å². The molecule has 0 saturated heterocycles. The molecule has 2 aromatic carbocycles. The number of rotatable bonds is 11. The molecule has 0 spiro atoms. The number of hydrogen-bond acceptors (Lipinski definition) is 2.